The lowest BCUT2D eigenvalue weighted by Gasteiger charge is -2.32. The molecule has 4 nitrogen and oxygen atoms in total. The number of carbonyl (C=O) groups is 1. The molecule has 1 unspecified atom stereocenters. The molecular formula is C24H32N2O2S. The number of Topliss-reactive ketones (excluding diaryl/α,β-unsaturated/α-hetero) is 1. The summed E-state index contributed by atoms with van der Waals surface area (Å²) in [5, 5.41) is 0. The van der Waals surface area contributed by atoms with Gasteiger partial charge in [0.2, 0.25) is 0 Å². The zero-order chi connectivity index (χ0) is 20.6. The number of nitrogens with zero attached hydrogens (tertiary/aromatic N) is 2. The molecule has 1 fully saturated rings. The van der Waals surface area contributed by atoms with Crippen molar-refractivity contribution in [1.82, 2.24) is 9.80 Å². The van der Waals surface area contributed by atoms with Crippen LogP contribution in [-0.2, 0) is 6.54 Å². The van der Waals surface area contributed by atoms with Crippen LogP contribution in [0.15, 0.2) is 53.4 Å². The highest BCUT2D eigenvalue weighted by Crippen LogP contribution is 2.24. The number of benzene rings is 2. The Balaban J connectivity index is 1.53. The van der Waals surface area contributed by atoms with Crippen LogP contribution in [0.1, 0.15) is 28.8 Å². The van der Waals surface area contributed by atoms with Gasteiger partial charge in [-0.05, 0) is 69.6 Å². The summed E-state index contributed by atoms with van der Waals surface area (Å²) in [5.74, 6) is 1.29. The van der Waals surface area contributed by atoms with Crippen molar-refractivity contribution in [2.75, 3.05) is 46.6 Å². The van der Waals surface area contributed by atoms with E-state index in [1.165, 1.54) is 10.5 Å². The number of hydrogen-bond donors (Lipinski definition) is 0. The van der Waals surface area contributed by atoms with Crippen molar-refractivity contribution in [3.8, 4) is 5.75 Å². The molecule has 0 N–H and O–H groups in total. The van der Waals surface area contributed by atoms with Crippen LogP contribution in [-0.4, -0.2) is 62.2 Å². The fraction of sp³-hybridized carbons (Fsp3) is 0.458. The maximum atomic E-state index is 12.9. The average molecular weight is 413 g/mol. The lowest BCUT2D eigenvalue weighted by molar-refractivity contribution is 0.0811. The molecule has 2 aromatic carbocycles. The maximum absolute atomic E-state index is 12.9. The Kier molecular flexibility index (Phi) is 8.16. The summed E-state index contributed by atoms with van der Waals surface area (Å²) in [4.78, 5) is 18.6. The van der Waals surface area contributed by atoms with Gasteiger partial charge < -0.3 is 9.64 Å². The molecule has 5 heteroatoms. The van der Waals surface area contributed by atoms with Gasteiger partial charge in [-0.25, -0.2) is 0 Å². The average Bonchev–Trinajstić information content (AvgIpc) is 2.74. The molecule has 156 valence electrons. The Bertz CT molecular complexity index is 774. The Morgan fingerprint density at radius 3 is 2.52 bits per heavy atom. The number of hydrogen-bond acceptors (Lipinski definition) is 5. The molecule has 0 aliphatic carbocycles. The van der Waals surface area contributed by atoms with Crippen LogP contribution in [0.4, 0.5) is 0 Å². The topological polar surface area (TPSA) is 32.8 Å². The lowest BCUT2D eigenvalue weighted by atomic mass is 9.90. The summed E-state index contributed by atoms with van der Waals surface area (Å²) in [6.45, 7) is 4.37. The van der Waals surface area contributed by atoms with Gasteiger partial charge in [0.15, 0.2) is 5.78 Å². The van der Waals surface area contributed by atoms with Crippen molar-refractivity contribution in [2.45, 2.75) is 24.3 Å². The Morgan fingerprint density at radius 2 is 1.86 bits per heavy atom. The van der Waals surface area contributed by atoms with Crippen LogP contribution >= 0.6 is 11.8 Å². The van der Waals surface area contributed by atoms with Crippen molar-refractivity contribution in [3.63, 3.8) is 0 Å². The highest BCUT2D eigenvalue weighted by atomic mass is 32.2. The number of likely N-dealkylation sites (N-methyl/N-ethyl adjacent to an activating group) is 1. The van der Waals surface area contributed by atoms with E-state index >= 15 is 0 Å². The van der Waals surface area contributed by atoms with Crippen LogP contribution in [0.5, 0.6) is 5.75 Å². The highest BCUT2D eigenvalue weighted by Gasteiger charge is 2.26. The summed E-state index contributed by atoms with van der Waals surface area (Å²) in [5.41, 5.74) is 2.11. The van der Waals surface area contributed by atoms with Gasteiger partial charge in [-0.15, -0.1) is 11.8 Å². The van der Waals surface area contributed by atoms with Crippen molar-refractivity contribution in [3.05, 3.63) is 59.7 Å². The van der Waals surface area contributed by atoms with E-state index in [1.54, 1.807) is 11.8 Å². The van der Waals surface area contributed by atoms with Crippen LogP contribution in [0.2, 0.25) is 0 Å². The van der Waals surface area contributed by atoms with Gasteiger partial charge in [0, 0.05) is 36.0 Å². The predicted molar refractivity (Wildman–Crippen MR) is 121 cm³/mol. The maximum Gasteiger partial charge on any atom is 0.167 e. The zero-order valence-electron chi connectivity index (χ0n) is 17.8. The monoisotopic (exact) mass is 412 g/mol. The molecule has 1 aliphatic heterocycles. The smallest absolute Gasteiger partial charge is 0.167 e. The number of likely N-dealkylation sites (tertiary alicyclic amines) is 1. The second-order valence-electron chi connectivity index (χ2n) is 7.96. The fourth-order valence-corrected chi connectivity index (χ4v) is 4.11. The second kappa shape index (κ2) is 10.8. The molecule has 1 atom stereocenters. The van der Waals surface area contributed by atoms with Crippen molar-refractivity contribution in [2.24, 2.45) is 5.92 Å². The van der Waals surface area contributed by atoms with Crippen LogP contribution in [0.3, 0.4) is 0 Å². The zero-order valence-corrected chi connectivity index (χ0v) is 18.6. The Morgan fingerprint density at radius 1 is 1.14 bits per heavy atom. The molecule has 0 bridgehead atoms. The predicted octanol–water partition coefficient (Wildman–Crippen LogP) is 4.44. The first-order valence-electron chi connectivity index (χ1n) is 10.3. The third kappa shape index (κ3) is 6.59. The van der Waals surface area contributed by atoms with E-state index in [9.17, 15) is 4.79 Å². The van der Waals surface area contributed by atoms with Gasteiger partial charge in [-0.1, -0.05) is 24.3 Å². The van der Waals surface area contributed by atoms with Crippen molar-refractivity contribution in [1.29, 1.82) is 0 Å². The summed E-state index contributed by atoms with van der Waals surface area (Å²) < 4.78 is 5.77. The third-order valence-corrected chi connectivity index (χ3v) is 6.13. The minimum Gasteiger partial charge on any atom is -0.492 e. The molecule has 0 radical (unpaired) electrons. The number of carbonyl (C=O) groups excluding carboxylic acids is 1. The SMILES string of the molecule is CSc1ccc(C(=O)C2CCCN(Cc3ccc(OCCN(C)C)cc3)C2)cc1. The molecule has 0 aromatic heterocycles. The first kappa shape index (κ1) is 21.9. The highest BCUT2D eigenvalue weighted by molar-refractivity contribution is 7.98. The van der Waals surface area contributed by atoms with Gasteiger partial charge in [-0.3, -0.25) is 9.69 Å². The fourth-order valence-electron chi connectivity index (χ4n) is 3.70. The van der Waals surface area contributed by atoms with Gasteiger partial charge in [0.1, 0.15) is 12.4 Å². The number of piperidine rings is 1. The molecule has 0 saturated carbocycles. The van der Waals surface area contributed by atoms with Crippen LogP contribution in [0.25, 0.3) is 0 Å². The van der Waals surface area contributed by atoms with Crippen molar-refractivity contribution >= 4 is 17.5 Å². The standard InChI is InChI=1S/C24H32N2O2S/c1-25(2)15-16-28-22-10-6-19(7-11-22)17-26-14-4-5-21(18-26)24(27)20-8-12-23(29-3)13-9-20/h6-13,21H,4-5,14-18H2,1-3H3. The van der Waals surface area contributed by atoms with E-state index in [0.29, 0.717) is 6.61 Å². The first-order valence-corrected chi connectivity index (χ1v) is 11.5. The first-order chi connectivity index (χ1) is 14.0. The summed E-state index contributed by atoms with van der Waals surface area (Å²) >= 11 is 1.70. The molecule has 1 aliphatic rings. The number of rotatable bonds is 9. The normalized spacial score (nSPS) is 17.4. The third-order valence-electron chi connectivity index (χ3n) is 5.39. The van der Waals surface area contributed by atoms with E-state index < -0.39 is 0 Å². The molecule has 29 heavy (non-hydrogen) atoms. The molecule has 0 amide bonds. The molecule has 3 rings (SSSR count). The largest absolute Gasteiger partial charge is 0.492 e. The summed E-state index contributed by atoms with van der Waals surface area (Å²) in [7, 11) is 4.09. The minimum atomic E-state index is 0.0949. The van der Waals surface area contributed by atoms with Gasteiger partial charge in [-0.2, -0.15) is 0 Å². The molecule has 1 saturated heterocycles. The molecule has 0 spiro atoms. The van der Waals surface area contributed by atoms with E-state index in [2.05, 4.69) is 28.2 Å². The van der Waals surface area contributed by atoms with Crippen molar-refractivity contribution < 1.29 is 9.53 Å². The van der Waals surface area contributed by atoms with Crippen LogP contribution in [0, 0.1) is 5.92 Å². The minimum absolute atomic E-state index is 0.0949. The lowest BCUT2D eigenvalue weighted by Crippen LogP contribution is -2.38. The summed E-state index contributed by atoms with van der Waals surface area (Å²) in [6, 6.07) is 16.4. The number of ether oxygens (including phenoxy) is 1. The number of thioether (sulfide) groups is 1. The molecular weight excluding hydrogens is 380 g/mol. The van der Waals surface area contributed by atoms with E-state index in [4.69, 9.17) is 4.74 Å². The van der Waals surface area contributed by atoms with Gasteiger partial charge in [0.05, 0.1) is 0 Å². The quantitative estimate of drug-likeness (QED) is 0.449. The van der Waals surface area contributed by atoms with Crippen LogP contribution < -0.4 is 4.74 Å². The van der Waals surface area contributed by atoms with E-state index in [-0.39, 0.29) is 11.7 Å². The van der Waals surface area contributed by atoms with E-state index in [1.807, 2.05) is 50.5 Å². The Labute approximate surface area is 179 Å². The van der Waals surface area contributed by atoms with E-state index in [0.717, 1.165) is 50.3 Å². The molecule has 1 heterocycles. The summed E-state index contributed by atoms with van der Waals surface area (Å²) in [6.07, 6.45) is 4.11. The molecule has 2 aromatic rings. The van der Waals surface area contributed by atoms with Gasteiger partial charge in [0.25, 0.3) is 0 Å². The Hall–Kier alpha value is -1.82. The number of ketones is 1. The van der Waals surface area contributed by atoms with Gasteiger partial charge >= 0.3 is 0 Å². The second-order valence-corrected chi connectivity index (χ2v) is 8.84.